The molecule has 28 heavy (non-hydrogen) atoms. The van der Waals surface area contributed by atoms with Crippen LogP contribution in [0.25, 0.3) is 0 Å². The molecule has 1 amide bonds. The van der Waals surface area contributed by atoms with Gasteiger partial charge in [0.05, 0.1) is 32.2 Å². The Morgan fingerprint density at radius 2 is 1.71 bits per heavy atom. The number of nitrogens with one attached hydrogen (secondary N) is 1. The highest BCUT2D eigenvalue weighted by Crippen LogP contribution is 2.30. The molecule has 1 atom stereocenters. The number of amides is 1. The van der Waals surface area contributed by atoms with E-state index in [-0.39, 0.29) is 12.6 Å². The molecule has 0 aliphatic rings. The summed E-state index contributed by atoms with van der Waals surface area (Å²) >= 11 is 5.85. The largest absolute Gasteiger partial charge is 0.493 e. The third-order valence-electron chi connectivity index (χ3n) is 4.09. The molecule has 0 spiro atoms. The van der Waals surface area contributed by atoms with Crippen LogP contribution in [0.1, 0.15) is 18.5 Å². The number of ether oxygens (including phenoxy) is 2. The molecule has 0 heterocycles. The van der Waals surface area contributed by atoms with Gasteiger partial charge < -0.3 is 14.8 Å². The van der Waals surface area contributed by atoms with Crippen molar-refractivity contribution < 1.29 is 22.7 Å². The van der Waals surface area contributed by atoms with E-state index in [0.29, 0.717) is 22.2 Å². The average molecular weight is 427 g/mol. The van der Waals surface area contributed by atoms with Crippen molar-refractivity contribution in [3.05, 3.63) is 53.1 Å². The lowest BCUT2D eigenvalue weighted by molar-refractivity contribution is -0.120. The van der Waals surface area contributed by atoms with Crippen molar-refractivity contribution in [1.29, 1.82) is 0 Å². The minimum absolute atomic E-state index is 0.349. The van der Waals surface area contributed by atoms with Gasteiger partial charge in [-0.25, -0.2) is 8.42 Å². The number of sulfonamides is 1. The smallest absolute Gasteiger partial charge is 0.241 e. The molecule has 0 aromatic heterocycles. The molecule has 2 rings (SSSR count). The van der Waals surface area contributed by atoms with Gasteiger partial charge in [0.25, 0.3) is 0 Å². The number of hydrogen-bond donors (Lipinski definition) is 1. The fourth-order valence-corrected chi connectivity index (χ4v) is 3.61. The van der Waals surface area contributed by atoms with E-state index in [1.165, 1.54) is 7.11 Å². The van der Waals surface area contributed by atoms with E-state index >= 15 is 0 Å². The lowest BCUT2D eigenvalue weighted by atomic mass is 10.1. The van der Waals surface area contributed by atoms with Gasteiger partial charge in [-0.1, -0.05) is 17.7 Å². The van der Waals surface area contributed by atoms with Gasteiger partial charge in [0.15, 0.2) is 11.5 Å². The van der Waals surface area contributed by atoms with Crippen molar-refractivity contribution in [2.45, 2.75) is 13.0 Å². The number of nitrogens with zero attached hydrogens (tertiary/aromatic N) is 1. The number of halogens is 1. The third kappa shape index (κ3) is 5.53. The Morgan fingerprint density at radius 1 is 1.11 bits per heavy atom. The molecule has 0 aliphatic heterocycles. The molecule has 2 aromatic carbocycles. The highest BCUT2D eigenvalue weighted by Gasteiger charge is 2.22. The Balaban J connectivity index is 2.15. The summed E-state index contributed by atoms with van der Waals surface area (Å²) in [5.74, 6) is 0.679. The molecule has 1 N–H and O–H groups in total. The first-order valence-electron chi connectivity index (χ1n) is 8.40. The summed E-state index contributed by atoms with van der Waals surface area (Å²) < 4.78 is 35.8. The lowest BCUT2D eigenvalue weighted by Gasteiger charge is -2.23. The summed E-state index contributed by atoms with van der Waals surface area (Å²) in [6.45, 7) is 1.45. The number of carbonyl (C=O) groups is 1. The second kappa shape index (κ2) is 9.16. The topological polar surface area (TPSA) is 84.9 Å². The number of carbonyl (C=O) groups excluding carboxylic acids is 1. The van der Waals surface area contributed by atoms with Gasteiger partial charge in [0, 0.05) is 5.02 Å². The van der Waals surface area contributed by atoms with Crippen LogP contribution >= 0.6 is 11.6 Å². The van der Waals surface area contributed by atoms with E-state index in [9.17, 15) is 13.2 Å². The predicted molar refractivity (Wildman–Crippen MR) is 110 cm³/mol. The molecule has 0 bridgehead atoms. The molecule has 0 fully saturated rings. The Kier molecular flexibility index (Phi) is 7.15. The average Bonchev–Trinajstić information content (AvgIpc) is 2.65. The van der Waals surface area contributed by atoms with Gasteiger partial charge in [-0.3, -0.25) is 9.10 Å². The maximum absolute atomic E-state index is 12.5. The van der Waals surface area contributed by atoms with Crippen molar-refractivity contribution in [3.63, 3.8) is 0 Å². The fourth-order valence-electron chi connectivity index (χ4n) is 2.63. The third-order valence-corrected chi connectivity index (χ3v) is 5.48. The first-order valence-corrected chi connectivity index (χ1v) is 10.6. The molecule has 0 aliphatic carbocycles. The van der Waals surface area contributed by atoms with Crippen molar-refractivity contribution >= 4 is 33.2 Å². The zero-order chi connectivity index (χ0) is 20.9. The maximum atomic E-state index is 12.5. The van der Waals surface area contributed by atoms with Crippen LogP contribution in [0.2, 0.25) is 5.02 Å². The van der Waals surface area contributed by atoms with Crippen LogP contribution in [0, 0.1) is 0 Å². The Labute approximate surface area is 170 Å². The first-order chi connectivity index (χ1) is 13.2. The second-order valence-electron chi connectivity index (χ2n) is 6.15. The molecular formula is C19H23ClN2O5S. The van der Waals surface area contributed by atoms with Gasteiger partial charge in [-0.2, -0.15) is 0 Å². The van der Waals surface area contributed by atoms with Crippen molar-refractivity contribution in [2.24, 2.45) is 0 Å². The van der Waals surface area contributed by atoms with Gasteiger partial charge in [-0.05, 0) is 48.9 Å². The summed E-state index contributed by atoms with van der Waals surface area (Å²) in [6, 6.07) is 11.2. The van der Waals surface area contributed by atoms with E-state index in [4.69, 9.17) is 21.1 Å². The lowest BCUT2D eigenvalue weighted by Crippen LogP contribution is -2.41. The Bertz CT molecular complexity index is 932. The zero-order valence-corrected chi connectivity index (χ0v) is 17.7. The maximum Gasteiger partial charge on any atom is 0.241 e. The standard InChI is InChI=1S/C19H23ClN2O5S/c1-13(14-5-10-17(26-2)18(11-14)27-3)21-19(23)12-22(28(4,24)25)16-8-6-15(20)7-9-16/h5-11,13H,12H2,1-4H3,(H,21,23)/t13-/m1/s1. The number of hydrogen-bond acceptors (Lipinski definition) is 5. The fraction of sp³-hybridized carbons (Fsp3) is 0.316. The molecule has 0 saturated heterocycles. The highest BCUT2D eigenvalue weighted by molar-refractivity contribution is 7.92. The number of benzene rings is 2. The van der Waals surface area contributed by atoms with Crippen molar-refractivity contribution in [1.82, 2.24) is 5.32 Å². The van der Waals surface area contributed by atoms with Crippen molar-refractivity contribution in [3.8, 4) is 11.5 Å². The van der Waals surface area contributed by atoms with E-state index < -0.39 is 15.9 Å². The normalized spacial score (nSPS) is 12.2. The summed E-state index contributed by atoms with van der Waals surface area (Å²) in [7, 11) is -0.583. The predicted octanol–water partition coefficient (Wildman–Crippen LogP) is 3.00. The second-order valence-corrected chi connectivity index (χ2v) is 8.49. The van der Waals surface area contributed by atoms with Gasteiger partial charge >= 0.3 is 0 Å². The molecule has 0 unspecified atom stereocenters. The van der Waals surface area contributed by atoms with E-state index in [0.717, 1.165) is 16.1 Å². The molecule has 9 heteroatoms. The summed E-state index contributed by atoms with van der Waals surface area (Å²) in [5, 5.41) is 3.28. The molecule has 0 saturated carbocycles. The molecular weight excluding hydrogens is 404 g/mol. The monoisotopic (exact) mass is 426 g/mol. The summed E-state index contributed by atoms with van der Waals surface area (Å²) in [4.78, 5) is 12.5. The molecule has 0 radical (unpaired) electrons. The van der Waals surface area contributed by atoms with E-state index in [1.54, 1.807) is 56.5 Å². The van der Waals surface area contributed by atoms with E-state index in [2.05, 4.69) is 5.32 Å². The number of methoxy groups -OCH3 is 2. The van der Waals surface area contributed by atoms with Gasteiger partial charge in [0.1, 0.15) is 6.54 Å². The molecule has 2 aromatic rings. The minimum atomic E-state index is -3.65. The van der Waals surface area contributed by atoms with Crippen LogP contribution in [0.3, 0.4) is 0 Å². The van der Waals surface area contributed by atoms with Gasteiger partial charge in [-0.15, -0.1) is 0 Å². The summed E-state index contributed by atoms with van der Waals surface area (Å²) in [6.07, 6.45) is 1.05. The SMILES string of the molecule is COc1ccc([C@@H](C)NC(=O)CN(c2ccc(Cl)cc2)S(C)(=O)=O)cc1OC. The minimum Gasteiger partial charge on any atom is -0.493 e. The quantitative estimate of drug-likeness (QED) is 0.701. The van der Waals surface area contributed by atoms with Crippen LogP contribution in [0.5, 0.6) is 11.5 Å². The highest BCUT2D eigenvalue weighted by atomic mass is 35.5. The molecule has 7 nitrogen and oxygen atoms in total. The van der Waals surface area contributed by atoms with E-state index in [1.807, 2.05) is 0 Å². The molecule has 152 valence electrons. The summed E-state index contributed by atoms with van der Waals surface area (Å²) in [5.41, 5.74) is 1.16. The number of anilines is 1. The first kappa shape index (κ1) is 21.8. The van der Waals surface area contributed by atoms with Crippen LogP contribution in [0.4, 0.5) is 5.69 Å². The van der Waals surface area contributed by atoms with Gasteiger partial charge in [0.2, 0.25) is 15.9 Å². The zero-order valence-electron chi connectivity index (χ0n) is 16.1. The Morgan fingerprint density at radius 3 is 2.25 bits per heavy atom. The van der Waals surface area contributed by atoms with Crippen LogP contribution in [-0.2, 0) is 14.8 Å². The van der Waals surface area contributed by atoms with Crippen LogP contribution < -0.4 is 19.1 Å². The Hall–Kier alpha value is -2.45. The number of rotatable bonds is 8. The van der Waals surface area contributed by atoms with Crippen molar-refractivity contribution in [2.75, 3.05) is 31.3 Å². The van der Waals surface area contributed by atoms with Crippen LogP contribution in [0.15, 0.2) is 42.5 Å². The van der Waals surface area contributed by atoms with Crippen LogP contribution in [-0.4, -0.2) is 41.3 Å².